The van der Waals surface area contributed by atoms with Gasteiger partial charge in [0.25, 0.3) is 11.5 Å². The third-order valence-corrected chi connectivity index (χ3v) is 7.68. The van der Waals surface area contributed by atoms with Crippen molar-refractivity contribution in [3.8, 4) is 0 Å². The number of hydrogen-bond donors (Lipinski definition) is 0. The second-order valence-electron chi connectivity index (χ2n) is 8.08. The number of hydrogen-bond acceptors (Lipinski definition) is 7. The predicted octanol–water partition coefficient (Wildman–Crippen LogP) is 3.01. The van der Waals surface area contributed by atoms with E-state index >= 15 is 0 Å². The first-order valence-electron chi connectivity index (χ1n) is 11.4. The van der Waals surface area contributed by atoms with E-state index in [9.17, 15) is 9.59 Å². The lowest BCUT2D eigenvalue weighted by Crippen LogP contribution is -2.47. The molecule has 0 saturated carbocycles. The molecular formula is C24H30N4O3S2. The first-order valence-corrected chi connectivity index (χ1v) is 12.6. The maximum absolute atomic E-state index is 13.7. The minimum Gasteiger partial charge on any atom is -0.383 e. The fourth-order valence-electron chi connectivity index (χ4n) is 4.49. The molecule has 3 heterocycles. The topological polar surface area (TPSA) is 58.0 Å². The van der Waals surface area contributed by atoms with Crippen LogP contribution in [0.4, 0.5) is 5.69 Å². The quantitative estimate of drug-likeness (QED) is 0.440. The van der Waals surface area contributed by atoms with Crippen molar-refractivity contribution >= 4 is 56.9 Å². The number of anilines is 1. The molecule has 0 unspecified atom stereocenters. The van der Waals surface area contributed by atoms with E-state index in [2.05, 4.69) is 22.8 Å². The summed E-state index contributed by atoms with van der Waals surface area (Å²) in [5.41, 5.74) is 2.32. The smallest absolute Gasteiger partial charge is 0.266 e. The van der Waals surface area contributed by atoms with Crippen molar-refractivity contribution in [2.24, 2.45) is 0 Å². The van der Waals surface area contributed by atoms with E-state index in [1.165, 1.54) is 11.8 Å². The zero-order chi connectivity index (χ0) is 23.5. The van der Waals surface area contributed by atoms with Crippen LogP contribution < -0.4 is 10.5 Å². The molecule has 0 radical (unpaired) electrons. The number of aryl methyl sites for hydroxylation is 1. The Labute approximate surface area is 204 Å². The van der Waals surface area contributed by atoms with Gasteiger partial charge in [-0.1, -0.05) is 49.1 Å². The van der Waals surface area contributed by atoms with E-state index in [0.29, 0.717) is 34.5 Å². The fraction of sp³-hybridized carbons (Fsp3) is 0.458. The minimum absolute atomic E-state index is 0.0775. The number of thiocarbonyl (C=S) groups is 1. The van der Waals surface area contributed by atoms with Crippen LogP contribution in [0.2, 0.25) is 0 Å². The Morgan fingerprint density at radius 1 is 1.09 bits per heavy atom. The number of ether oxygens (including phenoxy) is 1. The molecule has 4 rings (SSSR count). The van der Waals surface area contributed by atoms with Gasteiger partial charge >= 0.3 is 0 Å². The maximum Gasteiger partial charge on any atom is 0.266 e. The lowest BCUT2D eigenvalue weighted by Gasteiger charge is -2.37. The SMILES string of the molecule is CCN1CCN(c2c(C=C3SC(=S)N(CCOC)C3=O)c(=O)n(CC)c3ccccc23)CC1. The molecule has 7 nitrogen and oxygen atoms in total. The van der Waals surface area contributed by atoms with Crippen LogP contribution in [0.15, 0.2) is 34.0 Å². The number of carbonyl (C=O) groups excluding carboxylic acids is 1. The molecule has 0 spiro atoms. The van der Waals surface area contributed by atoms with E-state index in [0.717, 1.165) is 49.3 Å². The first-order chi connectivity index (χ1) is 16.0. The molecule has 1 aromatic heterocycles. The molecule has 0 bridgehead atoms. The Balaban J connectivity index is 1.86. The Hall–Kier alpha value is -2.20. The average Bonchev–Trinajstić information content (AvgIpc) is 3.10. The highest BCUT2D eigenvalue weighted by Gasteiger charge is 2.33. The summed E-state index contributed by atoms with van der Waals surface area (Å²) in [6, 6.07) is 8.05. The van der Waals surface area contributed by atoms with Crippen LogP contribution in [0.3, 0.4) is 0 Å². The van der Waals surface area contributed by atoms with Gasteiger partial charge in [0.1, 0.15) is 4.32 Å². The van der Waals surface area contributed by atoms with Gasteiger partial charge in [-0.15, -0.1) is 0 Å². The summed E-state index contributed by atoms with van der Waals surface area (Å²) in [4.78, 5) is 33.6. The zero-order valence-corrected chi connectivity index (χ0v) is 21.0. The first kappa shape index (κ1) is 23.9. The molecule has 2 aromatic rings. The van der Waals surface area contributed by atoms with Gasteiger partial charge in [-0.25, -0.2) is 0 Å². The molecule has 9 heteroatoms. The molecular weight excluding hydrogens is 456 g/mol. The highest BCUT2D eigenvalue weighted by molar-refractivity contribution is 8.26. The van der Waals surface area contributed by atoms with Crippen molar-refractivity contribution in [2.75, 3.05) is 57.9 Å². The number of thioether (sulfide) groups is 1. The number of nitrogens with zero attached hydrogens (tertiary/aromatic N) is 4. The number of amides is 1. The van der Waals surface area contributed by atoms with E-state index in [1.54, 1.807) is 22.7 Å². The predicted molar refractivity (Wildman–Crippen MR) is 140 cm³/mol. The summed E-state index contributed by atoms with van der Waals surface area (Å²) in [5, 5.41) is 1.03. The summed E-state index contributed by atoms with van der Waals surface area (Å²) in [7, 11) is 1.60. The van der Waals surface area contributed by atoms with Crippen molar-refractivity contribution < 1.29 is 9.53 Å². The fourth-order valence-corrected chi connectivity index (χ4v) is 5.78. The van der Waals surface area contributed by atoms with E-state index in [-0.39, 0.29) is 11.5 Å². The van der Waals surface area contributed by atoms with Crippen molar-refractivity contribution in [3.05, 3.63) is 45.1 Å². The summed E-state index contributed by atoms with van der Waals surface area (Å²) in [6.45, 7) is 10.1. The maximum atomic E-state index is 13.7. The normalized spacial score (nSPS) is 18.8. The van der Waals surface area contributed by atoms with Gasteiger partial charge in [-0.05, 0) is 25.6 Å². The van der Waals surface area contributed by atoms with Crippen LogP contribution >= 0.6 is 24.0 Å². The number of piperazine rings is 1. The number of pyridine rings is 1. The molecule has 33 heavy (non-hydrogen) atoms. The number of likely N-dealkylation sites (N-methyl/N-ethyl adjacent to an activating group) is 1. The van der Waals surface area contributed by atoms with Crippen molar-refractivity contribution in [3.63, 3.8) is 0 Å². The lowest BCUT2D eigenvalue weighted by atomic mass is 10.0. The van der Waals surface area contributed by atoms with Crippen LogP contribution in [0.25, 0.3) is 17.0 Å². The van der Waals surface area contributed by atoms with Crippen LogP contribution in [-0.4, -0.2) is 77.6 Å². The number of fused-ring (bicyclic) bond motifs is 1. The van der Waals surface area contributed by atoms with E-state index < -0.39 is 0 Å². The number of rotatable bonds is 7. The van der Waals surface area contributed by atoms with Gasteiger partial charge < -0.3 is 19.1 Å². The number of aromatic nitrogens is 1. The van der Waals surface area contributed by atoms with Gasteiger partial charge in [0, 0.05) is 45.2 Å². The molecule has 0 atom stereocenters. The lowest BCUT2D eigenvalue weighted by molar-refractivity contribution is -0.122. The van der Waals surface area contributed by atoms with Gasteiger partial charge in [-0.2, -0.15) is 0 Å². The Bertz CT molecular complexity index is 1150. The number of benzene rings is 1. The summed E-state index contributed by atoms with van der Waals surface area (Å²) >= 11 is 6.69. The number of para-hydroxylation sites is 1. The molecule has 2 aliphatic heterocycles. The highest BCUT2D eigenvalue weighted by Crippen LogP contribution is 2.36. The molecule has 2 fully saturated rings. The van der Waals surface area contributed by atoms with Crippen LogP contribution in [0.1, 0.15) is 19.4 Å². The van der Waals surface area contributed by atoms with Gasteiger partial charge in [0.15, 0.2) is 0 Å². The number of methoxy groups -OCH3 is 1. The summed E-state index contributed by atoms with van der Waals surface area (Å²) < 4.78 is 7.41. The molecule has 0 aliphatic carbocycles. The second-order valence-corrected chi connectivity index (χ2v) is 9.75. The van der Waals surface area contributed by atoms with Crippen molar-refractivity contribution in [2.45, 2.75) is 20.4 Å². The monoisotopic (exact) mass is 486 g/mol. The van der Waals surface area contributed by atoms with Crippen molar-refractivity contribution in [1.82, 2.24) is 14.4 Å². The molecule has 2 aliphatic rings. The zero-order valence-electron chi connectivity index (χ0n) is 19.4. The third-order valence-electron chi connectivity index (χ3n) is 6.30. The minimum atomic E-state index is -0.167. The standard InChI is InChI=1S/C24H30N4O3S2/c1-4-25-10-12-26(13-11-25)21-17-8-6-7-9-19(17)27(5-2)22(29)18(21)16-20-23(30)28(14-15-31-3)24(32)33-20/h6-9,16H,4-5,10-15H2,1-3H3. The third kappa shape index (κ3) is 4.59. The highest BCUT2D eigenvalue weighted by atomic mass is 32.2. The van der Waals surface area contributed by atoms with Crippen molar-refractivity contribution in [1.29, 1.82) is 0 Å². The van der Waals surface area contributed by atoms with Gasteiger partial charge in [-0.3, -0.25) is 14.5 Å². The molecule has 2 saturated heterocycles. The van der Waals surface area contributed by atoms with Gasteiger partial charge in [0.2, 0.25) is 0 Å². The molecule has 1 aromatic carbocycles. The summed E-state index contributed by atoms with van der Waals surface area (Å²) in [5.74, 6) is -0.167. The van der Waals surface area contributed by atoms with E-state index in [1.807, 2.05) is 25.1 Å². The molecule has 1 amide bonds. The summed E-state index contributed by atoms with van der Waals surface area (Å²) in [6.07, 6.45) is 1.76. The largest absolute Gasteiger partial charge is 0.383 e. The van der Waals surface area contributed by atoms with Gasteiger partial charge in [0.05, 0.1) is 34.8 Å². The Kier molecular flexibility index (Phi) is 7.53. The second kappa shape index (κ2) is 10.4. The molecule has 0 N–H and O–H groups in total. The Morgan fingerprint density at radius 2 is 1.82 bits per heavy atom. The Morgan fingerprint density at radius 3 is 2.48 bits per heavy atom. The van der Waals surface area contributed by atoms with E-state index in [4.69, 9.17) is 17.0 Å². The molecule has 176 valence electrons. The van der Waals surface area contributed by atoms with Crippen LogP contribution in [0, 0.1) is 0 Å². The van der Waals surface area contributed by atoms with Crippen LogP contribution in [-0.2, 0) is 16.1 Å². The number of carbonyl (C=O) groups is 1. The van der Waals surface area contributed by atoms with Crippen LogP contribution in [0.5, 0.6) is 0 Å². The average molecular weight is 487 g/mol.